The summed E-state index contributed by atoms with van der Waals surface area (Å²) < 4.78 is 0. The van der Waals surface area contributed by atoms with Crippen molar-refractivity contribution in [3.8, 4) is 0 Å². The first kappa shape index (κ1) is 22.1. The number of rotatable bonds is 3. The highest BCUT2D eigenvalue weighted by atomic mass is 15.0. The zero-order valence-electron chi connectivity index (χ0n) is 18.2. The third-order valence-electron chi connectivity index (χ3n) is 3.66. The molecule has 26 heavy (non-hydrogen) atoms. The van der Waals surface area contributed by atoms with Gasteiger partial charge in [-0.05, 0) is 78.1 Å². The van der Waals surface area contributed by atoms with Crippen molar-refractivity contribution in [3.63, 3.8) is 0 Å². The molecule has 0 atom stereocenters. The average Bonchev–Trinajstić information content (AvgIpc) is 2.47. The van der Waals surface area contributed by atoms with E-state index in [2.05, 4.69) is 121 Å². The number of para-hydroxylation sites is 1. The maximum absolute atomic E-state index is 3.53. The van der Waals surface area contributed by atoms with Gasteiger partial charge in [-0.3, -0.25) is 0 Å². The fourth-order valence-corrected chi connectivity index (χ4v) is 2.59. The summed E-state index contributed by atoms with van der Waals surface area (Å²) in [5.41, 5.74) is 5.42. The van der Waals surface area contributed by atoms with Gasteiger partial charge in [0, 0.05) is 22.5 Å². The van der Waals surface area contributed by atoms with Gasteiger partial charge in [-0.2, -0.15) is 0 Å². The van der Waals surface area contributed by atoms with E-state index in [-0.39, 0.29) is 11.1 Å². The highest BCUT2D eigenvalue weighted by molar-refractivity contribution is 5.53. The molecule has 0 aliphatic heterocycles. The molecular formula is C24H38N2. The number of hydrogen-bond donors (Lipinski definition) is 2. The Kier molecular flexibility index (Phi) is 7.74. The molecule has 144 valence electrons. The summed E-state index contributed by atoms with van der Waals surface area (Å²) in [6.45, 7) is 19.6. The molecule has 0 aromatic heterocycles. The van der Waals surface area contributed by atoms with Gasteiger partial charge < -0.3 is 10.6 Å². The van der Waals surface area contributed by atoms with Crippen molar-refractivity contribution in [2.45, 2.75) is 79.3 Å². The predicted octanol–water partition coefficient (Wildman–Crippen LogP) is 7.23. The van der Waals surface area contributed by atoms with Crippen LogP contribution in [0.4, 0.5) is 11.4 Å². The summed E-state index contributed by atoms with van der Waals surface area (Å²) in [5, 5.41) is 6.94. The Bertz CT molecular complexity index is 656. The normalized spacial score (nSPS) is 11.6. The van der Waals surface area contributed by atoms with Crippen LogP contribution >= 0.6 is 0 Å². The lowest BCUT2D eigenvalue weighted by molar-refractivity contribution is 0.631. The van der Waals surface area contributed by atoms with Crippen molar-refractivity contribution >= 4 is 11.4 Å². The monoisotopic (exact) mass is 354 g/mol. The van der Waals surface area contributed by atoms with Crippen LogP contribution in [0.1, 0.15) is 72.4 Å². The van der Waals surface area contributed by atoms with Gasteiger partial charge in [0.1, 0.15) is 0 Å². The van der Waals surface area contributed by atoms with Crippen LogP contribution in [0.25, 0.3) is 0 Å². The standard InChI is InChI=1S/C13H21N.C11H17N/c1-10(2)11-8-6-7-9-12(11)14-13(3,4)5;1-9-5-7-10(8-6-9)12-11(2,3)4/h6-10,14H,1-5H3;5-8,12H,1-4H3. The summed E-state index contributed by atoms with van der Waals surface area (Å²) in [5.74, 6) is 0.570. The van der Waals surface area contributed by atoms with Gasteiger partial charge in [0.15, 0.2) is 0 Å². The van der Waals surface area contributed by atoms with Crippen LogP contribution in [0.2, 0.25) is 0 Å². The SMILES string of the molecule is CC(C)c1ccccc1NC(C)(C)C.Cc1ccc(NC(C)(C)C)cc1. The van der Waals surface area contributed by atoms with E-state index in [1.54, 1.807) is 0 Å². The maximum Gasteiger partial charge on any atom is 0.0379 e. The van der Waals surface area contributed by atoms with Gasteiger partial charge in [0.2, 0.25) is 0 Å². The van der Waals surface area contributed by atoms with E-state index >= 15 is 0 Å². The minimum absolute atomic E-state index is 0.130. The Hall–Kier alpha value is -1.96. The first-order chi connectivity index (χ1) is 11.9. The first-order valence-corrected chi connectivity index (χ1v) is 9.59. The van der Waals surface area contributed by atoms with Crippen LogP contribution in [0.3, 0.4) is 0 Å². The second-order valence-corrected chi connectivity index (χ2v) is 9.36. The van der Waals surface area contributed by atoms with E-state index in [4.69, 9.17) is 0 Å². The van der Waals surface area contributed by atoms with Crippen molar-refractivity contribution in [1.29, 1.82) is 0 Å². The van der Waals surface area contributed by atoms with Gasteiger partial charge in [-0.15, -0.1) is 0 Å². The third kappa shape index (κ3) is 8.94. The van der Waals surface area contributed by atoms with Crippen LogP contribution in [-0.4, -0.2) is 11.1 Å². The topological polar surface area (TPSA) is 24.1 Å². The van der Waals surface area contributed by atoms with Crippen molar-refractivity contribution in [2.75, 3.05) is 10.6 Å². The van der Waals surface area contributed by atoms with Gasteiger partial charge in [-0.1, -0.05) is 49.7 Å². The molecule has 0 saturated heterocycles. The molecule has 2 nitrogen and oxygen atoms in total. The lowest BCUT2D eigenvalue weighted by Gasteiger charge is -2.25. The first-order valence-electron chi connectivity index (χ1n) is 9.59. The average molecular weight is 355 g/mol. The summed E-state index contributed by atoms with van der Waals surface area (Å²) in [6.07, 6.45) is 0. The second-order valence-electron chi connectivity index (χ2n) is 9.36. The Morgan fingerprint density at radius 3 is 1.65 bits per heavy atom. The molecule has 0 spiro atoms. The molecule has 0 radical (unpaired) electrons. The minimum atomic E-state index is 0.130. The third-order valence-corrected chi connectivity index (χ3v) is 3.66. The molecule has 0 fully saturated rings. The van der Waals surface area contributed by atoms with E-state index in [0.717, 1.165) is 0 Å². The van der Waals surface area contributed by atoms with E-state index < -0.39 is 0 Å². The van der Waals surface area contributed by atoms with Crippen LogP contribution in [0, 0.1) is 6.92 Å². The molecule has 2 aromatic carbocycles. The minimum Gasteiger partial charge on any atom is -0.380 e. The smallest absolute Gasteiger partial charge is 0.0379 e. The van der Waals surface area contributed by atoms with Gasteiger partial charge in [0.25, 0.3) is 0 Å². The van der Waals surface area contributed by atoms with Crippen LogP contribution in [0.15, 0.2) is 48.5 Å². The Morgan fingerprint density at radius 1 is 0.692 bits per heavy atom. The van der Waals surface area contributed by atoms with E-state index in [1.807, 2.05) is 0 Å². The summed E-state index contributed by atoms with van der Waals surface area (Å²) in [4.78, 5) is 0. The number of nitrogens with one attached hydrogen (secondary N) is 2. The largest absolute Gasteiger partial charge is 0.380 e. The van der Waals surface area contributed by atoms with Crippen LogP contribution in [-0.2, 0) is 0 Å². The van der Waals surface area contributed by atoms with Gasteiger partial charge in [-0.25, -0.2) is 0 Å². The second kappa shape index (κ2) is 9.12. The van der Waals surface area contributed by atoms with Crippen molar-refractivity contribution in [1.82, 2.24) is 0 Å². The zero-order chi connectivity index (χ0) is 20.0. The van der Waals surface area contributed by atoms with Gasteiger partial charge in [0.05, 0.1) is 0 Å². The van der Waals surface area contributed by atoms with Crippen LogP contribution in [0.5, 0.6) is 0 Å². The lowest BCUT2D eigenvalue weighted by atomic mass is 9.99. The predicted molar refractivity (Wildman–Crippen MR) is 118 cm³/mol. The summed E-state index contributed by atoms with van der Waals surface area (Å²) >= 11 is 0. The number of hydrogen-bond acceptors (Lipinski definition) is 2. The quantitative estimate of drug-likeness (QED) is 0.607. The fourth-order valence-electron chi connectivity index (χ4n) is 2.59. The molecular weight excluding hydrogens is 316 g/mol. The molecule has 0 saturated carbocycles. The Balaban J connectivity index is 0.000000263. The fraction of sp³-hybridized carbons (Fsp3) is 0.500. The molecule has 0 unspecified atom stereocenters. The maximum atomic E-state index is 3.53. The van der Waals surface area contributed by atoms with E-state index in [0.29, 0.717) is 5.92 Å². The van der Waals surface area contributed by atoms with Crippen molar-refractivity contribution < 1.29 is 0 Å². The molecule has 0 aliphatic rings. The summed E-state index contributed by atoms with van der Waals surface area (Å²) in [7, 11) is 0. The van der Waals surface area contributed by atoms with Gasteiger partial charge >= 0.3 is 0 Å². The number of benzene rings is 2. The Labute approximate surface area is 161 Å². The molecule has 0 amide bonds. The highest BCUT2D eigenvalue weighted by Gasteiger charge is 2.12. The summed E-state index contributed by atoms with van der Waals surface area (Å²) in [6, 6.07) is 17.0. The van der Waals surface area contributed by atoms with E-state index in [9.17, 15) is 0 Å². The lowest BCUT2D eigenvalue weighted by Crippen LogP contribution is -2.26. The Morgan fingerprint density at radius 2 is 1.19 bits per heavy atom. The molecule has 2 rings (SSSR count). The number of anilines is 2. The van der Waals surface area contributed by atoms with Crippen LogP contribution < -0.4 is 10.6 Å². The zero-order valence-corrected chi connectivity index (χ0v) is 18.2. The van der Waals surface area contributed by atoms with Crippen molar-refractivity contribution in [3.05, 3.63) is 59.7 Å². The van der Waals surface area contributed by atoms with Crippen molar-refractivity contribution in [2.24, 2.45) is 0 Å². The molecule has 0 bridgehead atoms. The molecule has 0 heterocycles. The molecule has 0 aliphatic carbocycles. The molecule has 2 heteroatoms. The molecule has 2 aromatic rings. The highest BCUT2D eigenvalue weighted by Crippen LogP contribution is 2.26. The molecule has 2 N–H and O–H groups in total. The van der Waals surface area contributed by atoms with E-state index in [1.165, 1.54) is 22.5 Å². The number of aryl methyl sites for hydroxylation is 1.